The van der Waals surface area contributed by atoms with Crippen molar-refractivity contribution in [2.75, 3.05) is 18.9 Å². The number of ether oxygens (including phenoxy) is 1. The maximum Gasteiger partial charge on any atom is 0.289 e. The summed E-state index contributed by atoms with van der Waals surface area (Å²) in [5, 5.41) is 14.1. The number of fused-ring (bicyclic) bond motifs is 1. The smallest absolute Gasteiger partial charge is 0.289 e. The first kappa shape index (κ1) is 24.8. The van der Waals surface area contributed by atoms with Gasteiger partial charge in [-0.25, -0.2) is 18.8 Å². The molecule has 7 nitrogen and oxygen atoms in total. The third-order valence-electron chi connectivity index (χ3n) is 5.83. The van der Waals surface area contributed by atoms with Gasteiger partial charge in [0.1, 0.15) is 11.3 Å². The number of nitrogens with zero attached hydrogens (tertiary/aromatic N) is 3. The zero-order chi connectivity index (χ0) is 24.6. The maximum absolute atomic E-state index is 12.8. The number of pyridine rings is 1. The summed E-state index contributed by atoms with van der Waals surface area (Å²) >= 11 is 0. The van der Waals surface area contributed by atoms with Crippen molar-refractivity contribution >= 4 is 28.5 Å². The van der Waals surface area contributed by atoms with E-state index in [2.05, 4.69) is 55.1 Å². The Balaban J connectivity index is 1.94. The molecule has 0 radical (unpaired) electrons. The third kappa shape index (κ3) is 5.24. The molecule has 0 unspecified atom stereocenters. The molecule has 1 aliphatic carbocycles. The van der Waals surface area contributed by atoms with Crippen molar-refractivity contribution in [3.63, 3.8) is 0 Å². The number of aliphatic imine (C=N–C) groups is 2. The van der Waals surface area contributed by atoms with Crippen LogP contribution in [0.2, 0.25) is 0 Å². The summed E-state index contributed by atoms with van der Waals surface area (Å²) in [6, 6.07) is 5.35. The molecule has 4 N–H and O–H groups in total. The fraction of sp³-hybridized carbons (Fsp3) is 0.542. The van der Waals surface area contributed by atoms with Crippen LogP contribution in [-0.4, -0.2) is 53.7 Å². The van der Waals surface area contributed by atoms with Crippen LogP contribution in [0.3, 0.4) is 0 Å². The van der Waals surface area contributed by atoms with E-state index in [1.807, 2.05) is 13.0 Å². The highest BCUT2D eigenvalue weighted by atomic mass is 19.3. The summed E-state index contributed by atoms with van der Waals surface area (Å²) in [5.74, 6) is 0.181. The average Bonchev–Trinajstić information content (AvgIpc) is 2.70. The number of aryl methyl sites for hydroxylation is 1. The van der Waals surface area contributed by atoms with Crippen LogP contribution in [0.5, 0.6) is 0 Å². The lowest BCUT2D eigenvalue weighted by molar-refractivity contribution is -0.150. The molecule has 1 saturated carbocycles. The number of amidine groups is 1. The molecule has 0 spiro atoms. The summed E-state index contributed by atoms with van der Waals surface area (Å²) in [7, 11) is 1.56. The summed E-state index contributed by atoms with van der Waals surface area (Å²) in [4.78, 5) is 13.1. The SMILES string of the molecule is CCNc1cc(C(C)(C)C)c2nc(C(=NC)OC(N)=NC3CC(O)(C(F)F)C3)cc(C)c2c1. The van der Waals surface area contributed by atoms with Crippen LogP contribution >= 0.6 is 0 Å². The minimum Gasteiger partial charge on any atom is -0.405 e. The van der Waals surface area contributed by atoms with E-state index in [-0.39, 0.29) is 30.2 Å². The number of nitrogens with one attached hydrogen (secondary N) is 1. The van der Waals surface area contributed by atoms with Gasteiger partial charge in [0, 0.05) is 37.5 Å². The second kappa shape index (κ2) is 9.21. The molecule has 1 heterocycles. The molecule has 0 saturated heterocycles. The fourth-order valence-electron chi connectivity index (χ4n) is 4.02. The molecule has 1 aliphatic rings. The Morgan fingerprint density at radius 3 is 2.55 bits per heavy atom. The predicted molar refractivity (Wildman–Crippen MR) is 128 cm³/mol. The van der Waals surface area contributed by atoms with Crippen LogP contribution in [0.1, 0.15) is 57.4 Å². The maximum atomic E-state index is 12.8. The highest BCUT2D eigenvalue weighted by Gasteiger charge is 2.50. The highest BCUT2D eigenvalue weighted by Crippen LogP contribution is 2.39. The van der Waals surface area contributed by atoms with E-state index in [9.17, 15) is 13.9 Å². The Morgan fingerprint density at radius 1 is 1.33 bits per heavy atom. The molecule has 9 heteroatoms. The summed E-state index contributed by atoms with van der Waals surface area (Å²) in [6.45, 7) is 11.3. The molecule has 180 valence electrons. The molecule has 1 fully saturated rings. The van der Waals surface area contributed by atoms with E-state index in [4.69, 9.17) is 15.5 Å². The van der Waals surface area contributed by atoms with Gasteiger partial charge in [0.05, 0.1) is 11.6 Å². The lowest BCUT2D eigenvalue weighted by Gasteiger charge is -2.40. The first-order chi connectivity index (χ1) is 15.4. The number of rotatable bonds is 5. The monoisotopic (exact) mass is 461 g/mol. The molecule has 2 aromatic rings. The zero-order valence-electron chi connectivity index (χ0n) is 20.0. The fourth-order valence-corrected chi connectivity index (χ4v) is 4.02. The average molecular weight is 462 g/mol. The van der Waals surface area contributed by atoms with Crippen LogP contribution in [-0.2, 0) is 10.2 Å². The molecule has 0 amide bonds. The first-order valence-electron chi connectivity index (χ1n) is 11.1. The van der Waals surface area contributed by atoms with E-state index in [1.165, 1.54) is 0 Å². The molecule has 1 aromatic heterocycles. The van der Waals surface area contributed by atoms with Gasteiger partial charge in [0.25, 0.3) is 12.4 Å². The van der Waals surface area contributed by atoms with Gasteiger partial charge in [0.2, 0.25) is 5.90 Å². The second-order valence-electron chi connectivity index (χ2n) is 9.59. The number of aromatic nitrogens is 1. The topological polar surface area (TPSA) is 105 Å². The zero-order valence-corrected chi connectivity index (χ0v) is 20.0. The number of hydrogen-bond donors (Lipinski definition) is 3. The van der Waals surface area contributed by atoms with E-state index in [0.717, 1.165) is 34.3 Å². The normalized spacial score (nSPS) is 21.9. The molecule has 3 rings (SSSR count). The second-order valence-corrected chi connectivity index (χ2v) is 9.59. The number of benzene rings is 1. The Hall–Kier alpha value is -2.81. The van der Waals surface area contributed by atoms with Gasteiger partial charge in [-0.1, -0.05) is 20.8 Å². The number of halogens is 2. The van der Waals surface area contributed by atoms with Crippen molar-refractivity contribution in [2.45, 2.75) is 70.9 Å². The van der Waals surface area contributed by atoms with Crippen LogP contribution in [0, 0.1) is 6.92 Å². The molecule has 0 bridgehead atoms. The van der Waals surface area contributed by atoms with Gasteiger partial charge in [-0.2, -0.15) is 0 Å². The van der Waals surface area contributed by atoms with E-state index in [1.54, 1.807) is 7.05 Å². The first-order valence-corrected chi connectivity index (χ1v) is 11.1. The van der Waals surface area contributed by atoms with Crippen LogP contribution in [0.15, 0.2) is 28.2 Å². The lowest BCUT2D eigenvalue weighted by atomic mass is 9.76. The Morgan fingerprint density at radius 2 is 2.00 bits per heavy atom. The molecule has 0 aliphatic heterocycles. The van der Waals surface area contributed by atoms with E-state index >= 15 is 0 Å². The summed E-state index contributed by atoms with van der Waals surface area (Å²) in [5.41, 5.74) is 8.22. The van der Waals surface area contributed by atoms with Crippen LogP contribution in [0.4, 0.5) is 14.5 Å². The molecular formula is C24H33F2N5O2. The number of nitrogens with two attached hydrogens (primary N) is 1. The van der Waals surface area contributed by atoms with Crippen molar-refractivity contribution in [3.05, 3.63) is 35.0 Å². The van der Waals surface area contributed by atoms with Gasteiger partial charge >= 0.3 is 0 Å². The molecular weight excluding hydrogens is 428 g/mol. The Kier molecular flexibility index (Phi) is 6.93. The minimum atomic E-state index is -2.81. The largest absolute Gasteiger partial charge is 0.405 e. The Labute approximate surface area is 193 Å². The van der Waals surface area contributed by atoms with E-state index in [0.29, 0.717) is 5.69 Å². The Bertz CT molecular complexity index is 1090. The molecule has 33 heavy (non-hydrogen) atoms. The van der Waals surface area contributed by atoms with Crippen LogP contribution < -0.4 is 11.1 Å². The summed E-state index contributed by atoms with van der Waals surface area (Å²) in [6.07, 6.45) is -3.14. The van der Waals surface area contributed by atoms with Gasteiger partial charge in [-0.15, -0.1) is 0 Å². The number of hydrogen-bond acceptors (Lipinski definition) is 6. The predicted octanol–water partition coefficient (Wildman–Crippen LogP) is 4.14. The molecule has 1 aromatic carbocycles. The van der Waals surface area contributed by atoms with Gasteiger partial charge < -0.3 is 20.9 Å². The van der Waals surface area contributed by atoms with Crippen molar-refractivity contribution < 1.29 is 18.6 Å². The number of aliphatic hydroxyl groups is 1. The van der Waals surface area contributed by atoms with Crippen molar-refractivity contribution in [3.8, 4) is 0 Å². The third-order valence-corrected chi connectivity index (χ3v) is 5.83. The standard InChI is InChI=1S/C24H33F2N5O2/c1-7-29-14-9-16-13(2)8-18(31-19(16)17(10-14)23(3,4)5)20(28-6)33-22(27)30-15-11-24(32,12-15)21(25)26/h8-10,15,21,29,32H,7,11-12H2,1-6H3,(H2,27,30). The van der Waals surface area contributed by atoms with E-state index < -0.39 is 18.1 Å². The van der Waals surface area contributed by atoms with Crippen molar-refractivity contribution in [1.82, 2.24) is 4.98 Å². The number of alkyl halides is 2. The number of anilines is 1. The van der Waals surface area contributed by atoms with Crippen LogP contribution in [0.25, 0.3) is 10.9 Å². The molecule has 0 atom stereocenters. The quantitative estimate of drug-likeness (QED) is 0.459. The lowest BCUT2D eigenvalue weighted by Crippen LogP contribution is -2.52. The van der Waals surface area contributed by atoms with Crippen molar-refractivity contribution in [2.24, 2.45) is 15.7 Å². The van der Waals surface area contributed by atoms with Gasteiger partial charge in [-0.05, 0) is 48.6 Å². The highest BCUT2D eigenvalue weighted by molar-refractivity contribution is 6.02. The van der Waals surface area contributed by atoms with Gasteiger partial charge in [-0.3, -0.25) is 4.99 Å². The van der Waals surface area contributed by atoms with Crippen molar-refractivity contribution in [1.29, 1.82) is 0 Å². The minimum absolute atomic E-state index is 0.154. The summed E-state index contributed by atoms with van der Waals surface area (Å²) < 4.78 is 31.3. The van der Waals surface area contributed by atoms with Gasteiger partial charge in [0.15, 0.2) is 0 Å².